The Balaban J connectivity index is 1.49. The van der Waals surface area contributed by atoms with Crippen molar-refractivity contribution < 1.29 is 4.42 Å². The molecule has 0 saturated heterocycles. The van der Waals surface area contributed by atoms with Crippen LogP contribution in [0, 0.1) is 0 Å². The maximum atomic E-state index is 6.38. The third-order valence-electron chi connectivity index (χ3n) is 7.34. The zero-order chi connectivity index (χ0) is 23.6. The van der Waals surface area contributed by atoms with Crippen LogP contribution in [-0.2, 0) is 0 Å². The van der Waals surface area contributed by atoms with Crippen molar-refractivity contribution >= 4 is 64.9 Å². The van der Waals surface area contributed by atoms with Crippen LogP contribution in [0.1, 0.15) is 0 Å². The lowest BCUT2D eigenvalue weighted by molar-refractivity contribution is 0.673. The molecule has 0 unspecified atom stereocenters. The summed E-state index contributed by atoms with van der Waals surface area (Å²) in [5.74, 6) is 0. The molecule has 2 aromatic heterocycles. The second-order valence-corrected chi connectivity index (χ2v) is 10.2. The molecule has 0 N–H and O–H groups in total. The quantitative estimate of drug-likeness (QED) is 0.226. The van der Waals surface area contributed by atoms with E-state index in [9.17, 15) is 0 Å². The van der Waals surface area contributed by atoms with E-state index in [1.54, 1.807) is 11.3 Å². The summed E-state index contributed by atoms with van der Waals surface area (Å²) in [6.45, 7) is 0. The molecule has 0 spiro atoms. The Labute approximate surface area is 211 Å². The molecule has 8 rings (SSSR count). The van der Waals surface area contributed by atoms with Gasteiger partial charge >= 0.3 is 0 Å². The zero-order valence-electron chi connectivity index (χ0n) is 19.4. The fraction of sp³-hybridized carbons (Fsp3) is 0. The van der Waals surface area contributed by atoms with Gasteiger partial charge in [0.2, 0.25) is 0 Å². The number of furan rings is 1. The number of fused-ring (bicyclic) bond motifs is 7. The van der Waals surface area contributed by atoms with Crippen LogP contribution in [0.25, 0.3) is 75.8 Å². The predicted molar refractivity (Wildman–Crippen MR) is 155 cm³/mol. The molecule has 0 atom stereocenters. The summed E-state index contributed by atoms with van der Waals surface area (Å²) in [5.41, 5.74) is 6.94. The van der Waals surface area contributed by atoms with E-state index < -0.39 is 0 Å². The molecule has 0 aliphatic carbocycles. The molecule has 36 heavy (non-hydrogen) atoms. The van der Waals surface area contributed by atoms with Gasteiger partial charge in [-0.25, -0.2) is 0 Å². The van der Waals surface area contributed by atoms with Gasteiger partial charge in [-0.05, 0) is 78.8 Å². The van der Waals surface area contributed by atoms with E-state index in [1.165, 1.54) is 59.3 Å². The second-order valence-electron chi connectivity index (χ2n) is 9.30. The summed E-state index contributed by atoms with van der Waals surface area (Å²) in [4.78, 5) is 0. The molecule has 6 aromatic carbocycles. The van der Waals surface area contributed by atoms with E-state index in [2.05, 4.69) is 121 Å². The SMILES string of the molecule is c1ccc(-c2c3ccccc3c(-c3ccc4oc5c(ccc6ccsc65)c4c3)c3ccccc23)cc1. The molecule has 1 nitrogen and oxygen atoms in total. The third kappa shape index (κ3) is 2.76. The first-order valence-corrected chi connectivity index (χ1v) is 13.1. The predicted octanol–water partition coefficient (Wildman–Crippen LogP) is 10.4. The molecule has 2 heterocycles. The summed E-state index contributed by atoms with van der Waals surface area (Å²) >= 11 is 1.74. The Kier molecular flexibility index (Phi) is 4.16. The number of hydrogen-bond donors (Lipinski definition) is 0. The fourth-order valence-corrected chi connectivity index (χ4v) is 6.65. The van der Waals surface area contributed by atoms with Crippen molar-refractivity contribution in [3.8, 4) is 22.3 Å². The van der Waals surface area contributed by atoms with E-state index in [-0.39, 0.29) is 0 Å². The second kappa shape index (κ2) is 7.55. The summed E-state index contributed by atoms with van der Waals surface area (Å²) in [6.07, 6.45) is 0. The molecule has 0 radical (unpaired) electrons. The van der Waals surface area contributed by atoms with Gasteiger partial charge in [-0.1, -0.05) is 91.0 Å². The molecular formula is C34H20OS. The van der Waals surface area contributed by atoms with Crippen LogP contribution < -0.4 is 0 Å². The lowest BCUT2D eigenvalue weighted by atomic mass is 9.86. The Morgan fingerprint density at radius 3 is 1.81 bits per heavy atom. The van der Waals surface area contributed by atoms with Crippen LogP contribution in [0.15, 0.2) is 125 Å². The Hall–Kier alpha value is -4.40. The summed E-state index contributed by atoms with van der Waals surface area (Å²) in [7, 11) is 0. The largest absolute Gasteiger partial charge is 0.455 e. The molecule has 0 saturated carbocycles. The number of thiophene rings is 1. The molecule has 0 bridgehead atoms. The molecule has 0 amide bonds. The maximum absolute atomic E-state index is 6.38. The normalized spacial score (nSPS) is 11.9. The van der Waals surface area contributed by atoms with Crippen LogP contribution >= 0.6 is 11.3 Å². The minimum Gasteiger partial charge on any atom is -0.455 e. The summed E-state index contributed by atoms with van der Waals surface area (Å²) in [6, 6.07) is 41.6. The Bertz CT molecular complexity index is 2040. The van der Waals surface area contributed by atoms with Crippen molar-refractivity contribution in [1.82, 2.24) is 0 Å². The average Bonchev–Trinajstić information content (AvgIpc) is 3.56. The minimum absolute atomic E-state index is 0.934. The first-order valence-electron chi connectivity index (χ1n) is 12.2. The van der Waals surface area contributed by atoms with Crippen molar-refractivity contribution in [1.29, 1.82) is 0 Å². The van der Waals surface area contributed by atoms with Crippen LogP contribution in [0.4, 0.5) is 0 Å². The van der Waals surface area contributed by atoms with Gasteiger partial charge in [0.25, 0.3) is 0 Å². The number of hydrogen-bond acceptors (Lipinski definition) is 2. The van der Waals surface area contributed by atoms with Crippen molar-refractivity contribution in [3.63, 3.8) is 0 Å². The van der Waals surface area contributed by atoms with Crippen molar-refractivity contribution in [2.75, 3.05) is 0 Å². The average molecular weight is 477 g/mol. The highest BCUT2D eigenvalue weighted by Crippen LogP contribution is 2.45. The van der Waals surface area contributed by atoms with E-state index in [0.29, 0.717) is 0 Å². The van der Waals surface area contributed by atoms with Gasteiger partial charge in [0.15, 0.2) is 5.58 Å². The van der Waals surface area contributed by atoms with Crippen LogP contribution in [0.2, 0.25) is 0 Å². The van der Waals surface area contributed by atoms with Gasteiger partial charge in [0, 0.05) is 10.8 Å². The molecule has 2 heteroatoms. The van der Waals surface area contributed by atoms with Gasteiger partial charge in [0.05, 0.1) is 4.70 Å². The highest BCUT2D eigenvalue weighted by Gasteiger charge is 2.18. The summed E-state index contributed by atoms with van der Waals surface area (Å²) in [5, 5.41) is 10.8. The molecule has 0 fully saturated rings. The Morgan fingerprint density at radius 2 is 1.11 bits per heavy atom. The minimum atomic E-state index is 0.934. The van der Waals surface area contributed by atoms with Crippen LogP contribution in [-0.4, -0.2) is 0 Å². The van der Waals surface area contributed by atoms with Crippen LogP contribution in [0.5, 0.6) is 0 Å². The molecule has 0 aliphatic heterocycles. The molecule has 168 valence electrons. The van der Waals surface area contributed by atoms with Crippen molar-refractivity contribution in [2.45, 2.75) is 0 Å². The van der Waals surface area contributed by atoms with Crippen molar-refractivity contribution in [3.05, 3.63) is 121 Å². The maximum Gasteiger partial charge on any atom is 0.153 e. The standard InChI is InChI=1S/C34H20OS/c1-2-8-21(9-3-1)31-24-10-4-6-12-26(24)32(27-13-7-5-11-25(27)31)23-15-17-30-29(20-23)28-16-14-22-18-19-36-34(22)33(28)35-30/h1-20H. The number of benzene rings is 6. The van der Waals surface area contributed by atoms with E-state index in [0.717, 1.165) is 16.6 Å². The zero-order valence-corrected chi connectivity index (χ0v) is 20.2. The van der Waals surface area contributed by atoms with Crippen molar-refractivity contribution in [2.24, 2.45) is 0 Å². The van der Waals surface area contributed by atoms with Gasteiger partial charge in [-0.15, -0.1) is 11.3 Å². The van der Waals surface area contributed by atoms with Gasteiger partial charge in [0.1, 0.15) is 5.58 Å². The molecule has 8 aromatic rings. The van der Waals surface area contributed by atoms with Crippen LogP contribution in [0.3, 0.4) is 0 Å². The fourth-order valence-electron chi connectivity index (χ4n) is 5.77. The monoisotopic (exact) mass is 476 g/mol. The smallest absolute Gasteiger partial charge is 0.153 e. The molecule has 0 aliphatic rings. The lowest BCUT2D eigenvalue weighted by Crippen LogP contribution is -1.90. The van der Waals surface area contributed by atoms with E-state index in [1.807, 2.05) is 0 Å². The summed E-state index contributed by atoms with van der Waals surface area (Å²) < 4.78 is 7.59. The first-order chi connectivity index (χ1) is 17.9. The lowest BCUT2D eigenvalue weighted by Gasteiger charge is -2.17. The number of rotatable bonds is 2. The third-order valence-corrected chi connectivity index (χ3v) is 8.27. The molecular weight excluding hydrogens is 456 g/mol. The van der Waals surface area contributed by atoms with Gasteiger partial charge in [-0.3, -0.25) is 0 Å². The highest BCUT2D eigenvalue weighted by molar-refractivity contribution is 7.18. The first kappa shape index (κ1) is 19.9. The highest BCUT2D eigenvalue weighted by atomic mass is 32.1. The Morgan fingerprint density at radius 1 is 0.472 bits per heavy atom. The van der Waals surface area contributed by atoms with E-state index in [4.69, 9.17) is 4.42 Å². The van der Waals surface area contributed by atoms with Gasteiger partial charge < -0.3 is 4.42 Å². The van der Waals surface area contributed by atoms with Gasteiger partial charge in [-0.2, -0.15) is 0 Å². The topological polar surface area (TPSA) is 13.1 Å². The van der Waals surface area contributed by atoms with E-state index >= 15 is 0 Å².